The highest BCUT2D eigenvalue weighted by molar-refractivity contribution is 5.82. The summed E-state index contributed by atoms with van der Waals surface area (Å²) in [5.74, 6) is -1.23. The maximum absolute atomic E-state index is 11.4. The second-order valence-electron chi connectivity index (χ2n) is 4.37. The van der Waals surface area contributed by atoms with Crippen LogP contribution in [0.2, 0.25) is 0 Å². The molecule has 1 unspecified atom stereocenters. The molecule has 1 heterocycles. The molecule has 1 atom stereocenters. The van der Waals surface area contributed by atoms with Gasteiger partial charge in [0, 0.05) is 0 Å². The first-order valence-electron chi connectivity index (χ1n) is 4.96. The van der Waals surface area contributed by atoms with E-state index in [1.807, 2.05) is 0 Å². The van der Waals surface area contributed by atoms with E-state index in [4.69, 9.17) is 19.3 Å². The number of nitrogens with one attached hydrogen (secondary N) is 1. The van der Waals surface area contributed by atoms with E-state index in [2.05, 4.69) is 5.32 Å². The van der Waals surface area contributed by atoms with E-state index in [0.29, 0.717) is 0 Å². The zero-order valence-corrected chi connectivity index (χ0v) is 9.85. The van der Waals surface area contributed by atoms with Crippen LogP contribution in [-0.4, -0.2) is 35.6 Å². The molecule has 0 aromatic carbocycles. The lowest BCUT2D eigenvalue weighted by molar-refractivity contribution is -0.139. The Labute approximate surface area is 98.3 Å². The second kappa shape index (κ2) is 4.94. The zero-order valence-electron chi connectivity index (χ0n) is 9.85. The molecular weight excluding hydrogens is 230 g/mol. The van der Waals surface area contributed by atoms with Crippen molar-refractivity contribution in [2.75, 3.05) is 6.79 Å². The molecule has 1 rings (SSSR count). The molecule has 0 fully saturated rings. The molecule has 0 spiro atoms. The minimum atomic E-state index is -1.31. The minimum absolute atomic E-state index is 0.0309. The van der Waals surface area contributed by atoms with Gasteiger partial charge in [-0.2, -0.15) is 0 Å². The van der Waals surface area contributed by atoms with Crippen molar-refractivity contribution in [3.63, 3.8) is 0 Å². The predicted octanol–water partition coefficient (Wildman–Crippen LogP) is 0.810. The highest BCUT2D eigenvalue weighted by atomic mass is 16.7. The van der Waals surface area contributed by atoms with Crippen LogP contribution in [0.5, 0.6) is 0 Å². The van der Waals surface area contributed by atoms with Crippen LogP contribution in [-0.2, 0) is 19.0 Å². The fraction of sp³-hybridized carbons (Fsp3) is 0.600. The van der Waals surface area contributed by atoms with Gasteiger partial charge in [0.2, 0.25) is 6.79 Å². The average molecular weight is 245 g/mol. The third-order valence-electron chi connectivity index (χ3n) is 1.69. The van der Waals surface area contributed by atoms with Gasteiger partial charge < -0.3 is 24.6 Å². The fourth-order valence-corrected chi connectivity index (χ4v) is 1.08. The molecule has 0 bridgehead atoms. The quantitative estimate of drug-likeness (QED) is 0.764. The standard InChI is InChI=1S/C10H15NO6/c1-10(2,3)17-9(14)11-7(8(12)13)6-4-15-5-16-6/h4,7H,5H2,1-3H3,(H,11,14)(H,12,13). The summed E-state index contributed by atoms with van der Waals surface area (Å²) >= 11 is 0. The number of aliphatic carboxylic acids is 1. The molecule has 0 aromatic rings. The van der Waals surface area contributed by atoms with E-state index >= 15 is 0 Å². The zero-order chi connectivity index (χ0) is 13.1. The summed E-state index contributed by atoms with van der Waals surface area (Å²) in [5, 5.41) is 11.1. The number of ether oxygens (including phenoxy) is 3. The Morgan fingerprint density at radius 1 is 1.53 bits per heavy atom. The van der Waals surface area contributed by atoms with E-state index in [1.165, 1.54) is 0 Å². The van der Waals surface area contributed by atoms with Crippen molar-refractivity contribution in [2.24, 2.45) is 0 Å². The van der Waals surface area contributed by atoms with Crippen LogP contribution < -0.4 is 5.32 Å². The molecule has 0 saturated heterocycles. The monoisotopic (exact) mass is 245 g/mol. The topological polar surface area (TPSA) is 94.1 Å². The van der Waals surface area contributed by atoms with E-state index < -0.39 is 23.7 Å². The minimum Gasteiger partial charge on any atom is -0.479 e. The molecule has 1 aliphatic rings. The van der Waals surface area contributed by atoms with Gasteiger partial charge >= 0.3 is 12.1 Å². The molecule has 96 valence electrons. The molecule has 0 aromatic heterocycles. The Morgan fingerprint density at radius 3 is 2.59 bits per heavy atom. The SMILES string of the molecule is CC(C)(C)OC(=O)NC(C(=O)O)C1=COCO1. The number of alkyl carbamates (subject to hydrolysis) is 1. The number of amides is 1. The summed E-state index contributed by atoms with van der Waals surface area (Å²) in [6.45, 7) is 4.97. The van der Waals surface area contributed by atoms with Crippen LogP contribution in [0.25, 0.3) is 0 Å². The van der Waals surface area contributed by atoms with Crippen LogP contribution in [0, 0.1) is 0 Å². The van der Waals surface area contributed by atoms with Gasteiger partial charge in [0.1, 0.15) is 11.9 Å². The van der Waals surface area contributed by atoms with Gasteiger partial charge in [-0.3, -0.25) is 0 Å². The van der Waals surface area contributed by atoms with E-state index in [-0.39, 0.29) is 12.6 Å². The summed E-state index contributed by atoms with van der Waals surface area (Å²) in [7, 11) is 0. The maximum atomic E-state index is 11.4. The van der Waals surface area contributed by atoms with Gasteiger partial charge in [-0.05, 0) is 20.8 Å². The average Bonchev–Trinajstić information content (AvgIpc) is 2.63. The fourth-order valence-electron chi connectivity index (χ4n) is 1.08. The molecular formula is C10H15NO6. The van der Waals surface area contributed by atoms with Crippen molar-refractivity contribution < 1.29 is 28.9 Å². The first-order chi connectivity index (χ1) is 7.79. The molecule has 1 aliphatic heterocycles. The van der Waals surface area contributed by atoms with Crippen LogP contribution in [0.3, 0.4) is 0 Å². The van der Waals surface area contributed by atoms with Gasteiger partial charge in [0.05, 0.1) is 0 Å². The summed E-state index contributed by atoms with van der Waals surface area (Å²) in [5.41, 5.74) is -0.700. The van der Waals surface area contributed by atoms with Crippen LogP contribution >= 0.6 is 0 Å². The Kier molecular flexibility index (Phi) is 3.82. The number of hydrogen-bond donors (Lipinski definition) is 2. The third kappa shape index (κ3) is 4.21. The van der Waals surface area contributed by atoms with E-state index in [1.54, 1.807) is 20.8 Å². The summed E-state index contributed by atoms with van der Waals surface area (Å²) in [6.07, 6.45) is 0.317. The summed E-state index contributed by atoms with van der Waals surface area (Å²) < 4.78 is 14.6. The number of carboxylic acids is 1. The van der Waals surface area contributed by atoms with Crippen molar-refractivity contribution in [1.29, 1.82) is 0 Å². The number of rotatable bonds is 3. The Morgan fingerprint density at radius 2 is 2.18 bits per heavy atom. The van der Waals surface area contributed by atoms with Crippen molar-refractivity contribution in [3.05, 3.63) is 12.0 Å². The van der Waals surface area contributed by atoms with Gasteiger partial charge in [-0.25, -0.2) is 9.59 Å². The van der Waals surface area contributed by atoms with Crippen molar-refractivity contribution in [1.82, 2.24) is 5.32 Å². The summed E-state index contributed by atoms with van der Waals surface area (Å²) in [6, 6.07) is -1.31. The second-order valence-corrected chi connectivity index (χ2v) is 4.37. The van der Waals surface area contributed by atoms with Crippen LogP contribution in [0.4, 0.5) is 4.79 Å². The molecule has 0 radical (unpaired) electrons. The van der Waals surface area contributed by atoms with Crippen molar-refractivity contribution in [3.8, 4) is 0 Å². The van der Waals surface area contributed by atoms with Crippen LogP contribution in [0.1, 0.15) is 20.8 Å². The lowest BCUT2D eigenvalue weighted by Crippen LogP contribution is -2.44. The Balaban J connectivity index is 2.62. The van der Waals surface area contributed by atoms with Gasteiger partial charge in [-0.1, -0.05) is 0 Å². The molecule has 7 heteroatoms. The smallest absolute Gasteiger partial charge is 0.408 e. The number of carbonyl (C=O) groups excluding carboxylic acids is 1. The Bertz CT molecular complexity index is 343. The molecule has 7 nitrogen and oxygen atoms in total. The molecule has 1 amide bonds. The lowest BCUT2D eigenvalue weighted by atomic mass is 10.2. The molecule has 0 aliphatic carbocycles. The van der Waals surface area contributed by atoms with E-state index in [9.17, 15) is 9.59 Å². The molecule has 0 saturated carbocycles. The highest BCUT2D eigenvalue weighted by Crippen LogP contribution is 2.13. The first kappa shape index (κ1) is 13.1. The van der Waals surface area contributed by atoms with Gasteiger partial charge in [0.15, 0.2) is 11.8 Å². The van der Waals surface area contributed by atoms with E-state index in [0.717, 1.165) is 6.26 Å². The Hall–Kier alpha value is -1.92. The number of hydrogen-bond acceptors (Lipinski definition) is 5. The first-order valence-corrected chi connectivity index (χ1v) is 4.96. The normalized spacial score (nSPS) is 16.3. The maximum Gasteiger partial charge on any atom is 0.408 e. The molecule has 17 heavy (non-hydrogen) atoms. The predicted molar refractivity (Wildman–Crippen MR) is 55.9 cm³/mol. The van der Waals surface area contributed by atoms with Gasteiger partial charge in [0.25, 0.3) is 0 Å². The van der Waals surface area contributed by atoms with Crippen LogP contribution in [0.15, 0.2) is 12.0 Å². The van der Waals surface area contributed by atoms with Crippen molar-refractivity contribution >= 4 is 12.1 Å². The van der Waals surface area contributed by atoms with Gasteiger partial charge in [-0.15, -0.1) is 0 Å². The number of carbonyl (C=O) groups is 2. The van der Waals surface area contributed by atoms with Crippen molar-refractivity contribution in [2.45, 2.75) is 32.4 Å². The largest absolute Gasteiger partial charge is 0.479 e. The lowest BCUT2D eigenvalue weighted by Gasteiger charge is -2.21. The molecule has 2 N–H and O–H groups in total. The third-order valence-corrected chi connectivity index (χ3v) is 1.69. The highest BCUT2D eigenvalue weighted by Gasteiger charge is 2.30. The summed E-state index contributed by atoms with van der Waals surface area (Å²) in [4.78, 5) is 22.4. The number of carboxylic acid groups (broad SMARTS) is 1.